The fourth-order valence-electron chi connectivity index (χ4n) is 1.92. The smallest absolute Gasteiger partial charge is 0.253 e. The number of carbonyl (C=O) groups is 1. The van der Waals surface area contributed by atoms with Gasteiger partial charge in [-0.15, -0.1) is 0 Å². The highest BCUT2D eigenvalue weighted by Crippen LogP contribution is 2.16. The standard InChI is InChI=1S/C15H18N4O/c1-11-5-6-13(14(10-11)19-16)15(20)18-9-7-12-4-2-3-8-17-12/h2-6,8,10,19H,7,9,16H2,1H3,(H,18,20). The molecule has 1 amide bonds. The van der Waals surface area contributed by atoms with E-state index in [-0.39, 0.29) is 5.91 Å². The summed E-state index contributed by atoms with van der Waals surface area (Å²) in [6.07, 6.45) is 2.44. The number of anilines is 1. The number of nitrogens with two attached hydrogens (primary N) is 1. The Morgan fingerprint density at radius 2 is 2.15 bits per heavy atom. The van der Waals surface area contributed by atoms with Crippen LogP contribution in [0.15, 0.2) is 42.6 Å². The van der Waals surface area contributed by atoms with Crippen LogP contribution in [0, 0.1) is 6.92 Å². The van der Waals surface area contributed by atoms with E-state index in [1.807, 2.05) is 37.3 Å². The SMILES string of the molecule is Cc1ccc(C(=O)NCCc2ccccn2)c(NN)c1. The second kappa shape index (κ2) is 6.68. The molecule has 0 saturated heterocycles. The molecule has 0 aliphatic carbocycles. The maximum absolute atomic E-state index is 12.1. The second-order valence-corrected chi connectivity index (χ2v) is 4.52. The van der Waals surface area contributed by atoms with Gasteiger partial charge in [-0.05, 0) is 36.8 Å². The Hall–Kier alpha value is -2.40. The van der Waals surface area contributed by atoms with Gasteiger partial charge in [-0.2, -0.15) is 0 Å². The topological polar surface area (TPSA) is 80.0 Å². The highest BCUT2D eigenvalue weighted by molar-refractivity contribution is 5.99. The highest BCUT2D eigenvalue weighted by Gasteiger charge is 2.10. The lowest BCUT2D eigenvalue weighted by Gasteiger charge is -2.10. The minimum absolute atomic E-state index is 0.145. The molecular weight excluding hydrogens is 252 g/mol. The van der Waals surface area contributed by atoms with Crippen LogP contribution in [0.25, 0.3) is 0 Å². The van der Waals surface area contributed by atoms with Crippen molar-refractivity contribution in [2.45, 2.75) is 13.3 Å². The van der Waals surface area contributed by atoms with E-state index in [0.717, 1.165) is 11.3 Å². The summed E-state index contributed by atoms with van der Waals surface area (Å²) in [5.41, 5.74) is 5.72. The number of nitrogens with zero attached hydrogens (tertiary/aromatic N) is 1. The van der Waals surface area contributed by atoms with E-state index in [9.17, 15) is 4.79 Å². The van der Waals surface area contributed by atoms with E-state index < -0.39 is 0 Å². The number of nitrogens with one attached hydrogen (secondary N) is 2. The normalized spacial score (nSPS) is 10.1. The quantitative estimate of drug-likeness (QED) is 0.570. The largest absolute Gasteiger partial charge is 0.352 e. The number of amides is 1. The van der Waals surface area contributed by atoms with Gasteiger partial charge in [0.1, 0.15) is 0 Å². The molecule has 0 unspecified atom stereocenters. The minimum atomic E-state index is -0.145. The first-order valence-electron chi connectivity index (χ1n) is 6.46. The number of rotatable bonds is 5. The molecule has 0 aliphatic rings. The summed E-state index contributed by atoms with van der Waals surface area (Å²) in [6.45, 7) is 2.48. The molecule has 4 N–H and O–H groups in total. The summed E-state index contributed by atoms with van der Waals surface area (Å²) in [6, 6.07) is 11.2. The van der Waals surface area contributed by atoms with Gasteiger partial charge in [0, 0.05) is 24.9 Å². The number of pyridine rings is 1. The highest BCUT2D eigenvalue weighted by atomic mass is 16.1. The minimum Gasteiger partial charge on any atom is -0.352 e. The van der Waals surface area contributed by atoms with Crippen LogP contribution in [-0.4, -0.2) is 17.4 Å². The molecule has 0 fully saturated rings. The Bertz CT molecular complexity index is 584. The molecule has 0 saturated carbocycles. The molecule has 20 heavy (non-hydrogen) atoms. The molecular formula is C15H18N4O. The van der Waals surface area contributed by atoms with Gasteiger partial charge in [0.15, 0.2) is 0 Å². The lowest BCUT2D eigenvalue weighted by atomic mass is 10.1. The van der Waals surface area contributed by atoms with Crippen molar-refractivity contribution in [3.63, 3.8) is 0 Å². The summed E-state index contributed by atoms with van der Waals surface area (Å²) >= 11 is 0. The molecule has 0 bridgehead atoms. The van der Waals surface area contributed by atoms with Crippen molar-refractivity contribution in [2.24, 2.45) is 5.84 Å². The predicted octanol–water partition coefficient (Wildman–Crippen LogP) is 1.65. The van der Waals surface area contributed by atoms with Gasteiger partial charge < -0.3 is 10.7 Å². The summed E-state index contributed by atoms with van der Waals surface area (Å²) in [5, 5.41) is 2.87. The maximum Gasteiger partial charge on any atom is 0.253 e. The number of aryl methyl sites for hydroxylation is 1. The lowest BCUT2D eigenvalue weighted by molar-refractivity contribution is 0.0955. The molecule has 2 aromatic rings. The van der Waals surface area contributed by atoms with E-state index in [0.29, 0.717) is 24.2 Å². The summed E-state index contributed by atoms with van der Waals surface area (Å²) in [7, 11) is 0. The molecule has 1 aromatic heterocycles. The molecule has 5 heteroatoms. The third-order valence-electron chi connectivity index (χ3n) is 2.97. The van der Waals surface area contributed by atoms with Gasteiger partial charge in [-0.25, -0.2) is 0 Å². The molecule has 0 atom stereocenters. The maximum atomic E-state index is 12.1. The van der Waals surface area contributed by atoms with Gasteiger partial charge in [0.25, 0.3) is 5.91 Å². The van der Waals surface area contributed by atoms with Crippen LogP contribution >= 0.6 is 0 Å². The Balaban J connectivity index is 1.95. The number of benzene rings is 1. The summed E-state index contributed by atoms with van der Waals surface area (Å²) in [4.78, 5) is 16.3. The predicted molar refractivity (Wildman–Crippen MR) is 79.3 cm³/mol. The van der Waals surface area contributed by atoms with Gasteiger partial charge in [-0.3, -0.25) is 15.6 Å². The number of hydrogen-bond donors (Lipinski definition) is 3. The summed E-state index contributed by atoms with van der Waals surface area (Å²) < 4.78 is 0. The number of hydrazine groups is 1. The molecule has 1 heterocycles. The zero-order chi connectivity index (χ0) is 14.4. The zero-order valence-corrected chi connectivity index (χ0v) is 11.4. The fraction of sp³-hybridized carbons (Fsp3) is 0.200. The zero-order valence-electron chi connectivity index (χ0n) is 11.4. The van der Waals surface area contributed by atoms with Crippen molar-refractivity contribution in [1.82, 2.24) is 10.3 Å². The van der Waals surface area contributed by atoms with Crippen molar-refractivity contribution in [3.8, 4) is 0 Å². The van der Waals surface area contributed by atoms with Crippen molar-refractivity contribution in [3.05, 3.63) is 59.4 Å². The van der Waals surface area contributed by atoms with E-state index in [1.54, 1.807) is 12.3 Å². The number of hydrogen-bond acceptors (Lipinski definition) is 4. The van der Waals surface area contributed by atoms with Crippen molar-refractivity contribution in [2.75, 3.05) is 12.0 Å². The van der Waals surface area contributed by atoms with Crippen LogP contribution in [0.1, 0.15) is 21.6 Å². The monoisotopic (exact) mass is 270 g/mol. The Labute approximate surface area is 118 Å². The van der Waals surface area contributed by atoms with Crippen LogP contribution in [0.4, 0.5) is 5.69 Å². The van der Waals surface area contributed by atoms with Gasteiger partial charge >= 0.3 is 0 Å². The first-order chi connectivity index (χ1) is 9.70. The molecule has 0 aliphatic heterocycles. The Kier molecular flexibility index (Phi) is 4.68. The van der Waals surface area contributed by atoms with E-state index in [2.05, 4.69) is 15.7 Å². The Morgan fingerprint density at radius 1 is 1.30 bits per heavy atom. The van der Waals surface area contributed by atoms with Crippen LogP contribution in [0.2, 0.25) is 0 Å². The lowest BCUT2D eigenvalue weighted by Crippen LogP contribution is -2.27. The second-order valence-electron chi connectivity index (χ2n) is 4.52. The first-order valence-corrected chi connectivity index (χ1v) is 6.46. The number of nitrogen functional groups attached to an aromatic ring is 1. The van der Waals surface area contributed by atoms with Crippen LogP contribution in [-0.2, 0) is 6.42 Å². The van der Waals surface area contributed by atoms with Crippen molar-refractivity contribution in [1.29, 1.82) is 0 Å². The molecule has 0 radical (unpaired) electrons. The average Bonchev–Trinajstić information content (AvgIpc) is 2.48. The number of carbonyl (C=O) groups excluding carboxylic acids is 1. The summed E-state index contributed by atoms with van der Waals surface area (Å²) in [5.74, 6) is 5.29. The van der Waals surface area contributed by atoms with Crippen molar-refractivity contribution < 1.29 is 4.79 Å². The Morgan fingerprint density at radius 3 is 2.85 bits per heavy atom. The average molecular weight is 270 g/mol. The molecule has 0 spiro atoms. The van der Waals surface area contributed by atoms with E-state index in [1.165, 1.54) is 0 Å². The van der Waals surface area contributed by atoms with Gasteiger partial charge in [0.2, 0.25) is 0 Å². The molecule has 104 valence electrons. The van der Waals surface area contributed by atoms with Crippen LogP contribution in [0.5, 0.6) is 0 Å². The van der Waals surface area contributed by atoms with Crippen LogP contribution in [0.3, 0.4) is 0 Å². The van der Waals surface area contributed by atoms with Crippen molar-refractivity contribution >= 4 is 11.6 Å². The third-order valence-corrected chi connectivity index (χ3v) is 2.97. The van der Waals surface area contributed by atoms with E-state index in [4.69, 9.17) is 5.84 Å². The van der Waals surface area contributed by atoms with Gasteiger partial charge in [0.05, 0.1) is 11.3 Å². The fourth-order valence-corrected chi connectivity index (χ4v) is 1.92. The molecule has 5 nitrogen and oxygen atoms in total. The van der Waals surface area contributed by atoms with E-state index >= 15 is 0 Å². The van der Waals surface area contributed by atoms with Gasteiger partial charge in [-0.1, -0.05) is 12.1 Å². The molecule has 1 aromatic carbocycles. The number of aromatic nitrogens is 1. The molecule has 2 rings (SSSR count). The van der Waals surface area contributed by atoms with Crippen LogP contribution < -0.4 is 16.6 Å². The third kappa shape index (κ3) is 3.55. The first kappa shape index (κ1) is 14.0.